The number of carbonyl (C=O) groups excluding carboxylic acids is 1. The Labute approximate surface area is 202 Å². The largest absolute Gasteiger partial charge is 0.383 e. The SMILES string of the molecule is COCCn1c(=N)c(C(=O)N2CCC(Cc3ccccc3)CC2)cc2c(=O)n3ccccc3nc21. The Bertz CT molecular complexity index is 1480. The molecule has 1 N–H and O–H groups in total. The molecule has 1 aliphatic heterocycles. The normalized spacial score (nSPS) is 14.6. The maximum absolute atomic E-state index is 13.6. The van der Waals surface area contributed by atoms with E-state index in [4.69, 9.17) is 10.1 Å². The first-order valence-corrected chi connectivity index (χ1v) is 12.0. The number of aromatic nitrogens is 3. The molecule has 8 nitrogen and oxygen atoms in total. The summed E-state index contributed by atoms with van der Waals surface area (Å²) in [6.07, 6.45) is 4.51. The van der Waals surface area contributed by atoms with Crippen LogP contribution in [0.3, 0.4) is 0 Å². The highest BCUT2D eigenvalue weighted by Gasteiger charge is 2.26. The summed E-state index contributed by atoms with van der Waals surface area (Å²) in [5.41, 5.74) is 2.23. The van der Waals surface area contributed by atoms with Crippen LogP contribution in [-0.4, -0.2) is 51.6 Å². The van der Waals surface area contributed by atoms with Crippen LogP contribution in [-0.2, 0) is 17.7 Å². The summed E-state index contributed by atoms with van der Waals surface area (Å²) in [5.74, 6) is 0.319. The molecule has 0 spiro atoms. The number of amides is 1. The van der Waals surface area contributed by atoms with Gasteiger partial charge in [0.05, 0.1) is 17.6 Å². The predicted molar refractivity (Wildman–Crippen MR) is 133 cm³/mol. The number of ether oxygens (including phenoxy) is 1. The number of nitrogens with zero attached hydrogens (tertiary/aromatic N) is 4. The van der Waals surface area contributed by atoms with Gasteiger partial charge in [-0.05, 0) is 48.9 Å². The third-order valence-corrected chi connectivity index (χ3v) is 6.84. The number of fused-ring (bicyclic) bond motifs is 2. The lowest BCUT2D eigenvalue weighted by atomic mass is 9.90. The minimum atomic E-state index is -0.257. The van der Waals surface area contributed by atoms with Crippen molar-refractivity contribution in [1.82, 2.24) is 18.9 Å². The number of rotatable bonds is 6. The van der Waals surface area contributed by atoms with E-state index in [1.54, 1.807) is 36.1 Å². The molecule has 35 heavy (non-hydrogen) atoms. The van der Waals surface area contributed by atoms with Crippen molar-refractivity contribution in [2.24, 2.45) is 5.92 Å². The Balaban J connectivity index is 1.47. The highest BCUT2D eigenvalue weighted by molar-refractivity contribution is 5.97. The molecule has 8 heteroatoms. The van der Waals surface area contributed by atoms with E-state index < -0.39 is 0 Å². The molecular weight excluding hydrogens is 442 g/mol. The molecule has 0 atom stereocenters. The first kappa shape index (κ1) is 23.0. The fourth-order valence-electron chi connectivity index (χ4n) is 4.91. The van der Waals surface area contributed by atoms with Gasteiger partial charge in [-0.1, -0.05) is 36.4 Å². The lowest BCUT2D eigenvalue weighted by molar-refractivity contribution is 0.0687. The average molecular weight is 472 g/mol. The number of methoxy groups -OCH3 is 1. The Kier molecular flexibility index (Phi) is 6.46. The number of carbonyl (C=O) groups is 1. The van der Waals surface area contributed by atoms with E-state index in [0.29, 0.717) is 48.8 Å². The van der Waals surface area contributed by atoms with E-state index in [-0.39, 0.29) is 22.5 Å². The molecule has 1 aromatic carbocycles. The maximum Gasteiger partial charge on any atom is 0.267 e. The van der Waals surface area contributed by atoms with Gasteiger partial charge in [0, 0.05) is 32.9 Å². The van der Waals surface area contributed by atoms with Gasteiger partial charge >= 0.3 is 0 Å². The molecule has 0 aliphatic carbocycles. The zero-order valence-corrected chi connectivity index (χ0v) is 19.8. The molecule has 3 aromatic heterocycles. The summed E-state index contributed by atoms with van der Waals surface area (Å²) in [6, 6.07) is 17.3. The van der Waals surface area contributed by atoms with E-state index in [9.17, 15) is 9.59 Å². The van der Waals surface area contributed by atoms with E-state index in [1.165, 1.54) is 9.96 Å². The number of nitrogens with one attached hydrogen (secondary N) is 1. The van der Waals surface area contributed by atoms with Crippen molar-refractivity contribution >= 4 is 22.6 Å². The van der Waals surface area contributed by atoms with Crippen molar-refractivity contribution in [1.29, 1.82) is 5.41 Å². The number of benzene rings is 1. The number of pyridine rings is 2. The first-order valence-electron chi connectivity index (χ1n) is 12.0. The van der Waals surface area contributed by atoms with Gasteiger partial charge in [-0.3, -0.25) is 19.4 Å². The standard InChI is InChI=1S/C27H29N5O3/c1-35-16-15-32-24(28)21(18-22-25(32)29-23-9-5-6-12-31(23)27(22)34)26(33)30-13-10-20(11-14-30)17-19-7-3-2-4-8-19/h2-9,12,18,20,28H,10-11,13-17H2,1H3. The molecule has 180 valence electrons. The molecule has 1 aliphatic rings. The van der Waals surface area contributed by atoms with Crippen molar-refractivity contribution in [3.8, 4) is 0 Å². The molecule has 5 rings (SSSR count). The van der Waals surface area contributed by atoms with Crippen LogP contribution in [0.25, 0.3) is 16.7 Å². The molecule has 4 heterocycles. The Morgan fingerprint density at radius 3 is 2.60 bits per heavy atom. The van der Waals surface area contributed by atoms with E-state index in [1.807, 2.05) is 17.0 Å². The van der Waals surface area contributed by atoms with Crippen molar-refractivity contribution < 1.29 is 9.53 Å². The van der Waals surface area contributed by atoms with Gasteiger partial charge in [-0.15, -0.1) is 0 Å². The number of hydrogen-bond donors (Lipinski definition) is 1. The lowest BCUT2D eigenvalue weighted by Gasteiger charge is -2.32. The monoisotopic (exact) mass is 471 g/mol. The first-order chi connectivity index (χ1) is 17.1. The van der Waals surface area contributed by atoms with Crippen LogP contribution in [0.2, 0.25) is 0 Å². The molecule has 0 unspecified atom stereocenters. The Morgan fingerprint density at radius 1 is 1.11 bits per heavy atom. The summed E-state index contributed by atoms with van der Waals surface area (Å²) in [7, 11) is 1.58. The summed E-state index contributed by atoms with van der Waals surface area (Å²) in [5, 5.41) is 9.16. The Hall–Kier alpha value is -3.78. The number of likely N-dealkylation sites (tertiary alicyclic amines) is 1. The van der Waals surface area contributed by atoms with Crippen molar-refractivity contribution in [2.45, 2.75) is 25.8 Å². The molecular formula is C27H29N5O3. The minimum absolute atomic E-state index is 0.0538. The fraction of sp³-hybridized carbons (Fsp3) is 0.333. The topological polar surface area (TPSA) is 92.7 Å². The fourth-order valence-corrected chi connectivity index (χ4v) is 4.91. The smallest absolute Gasteiger partial charge is 0.267 e. The second-order valence-electron chi connectivity index (χ2n) is 9.06. The van der Waals surface area contributed by atoms with Gasteiger partial charge in [-0.2, -0.15) is 0 Å². The van der Waals surface area contributed by atoms with E-state index in [0.717, 1.165) is 19.3 Å². The van der Waals surface area contributed by atoms with Gasteiger partial charge in [0.25, 0.3) is 11.5 Å². The molecule has 0 saturated carbocycles. The van der Waals surface area contributed by atoms with Gasteiger partial charge < -0.3 is 14.2 Å². The summed E-state index contributed by atoms with van der Waals surface area (Å²) < 4.78 is 8.32. The molecule has 0 radical (unpaired) electrons. The molecule has 4 aromatic rings. The number of hydrogen-bond acceptors (Lipinski definition) is 5. The molecule has 1 saturated heterocycles. The Morgan fingerprint density at radius 2 is 1.86 bits per heavy atom. The zero-order chi connectivity index (χ0) is 24.4. The van der Waals surface area contributed by atoms with Gasteiger partial charge in [0.15, 0.2) is 0 Å². The summed E-state index contributed by atoms with van der Waals surface area (Å²) in [4.78, 5) is 33.3. The predicted octanol–water partition coefficient (Wildman–Crippen LogP) is 2.87. The van der Waals surface area contributed by atoms with Crippen LogP contribution >= 0.6 is 0 Å². The highest BCUT2D eigenvalue weighted by atomic mass is 16.5. The van der Waals surface area contributed by atoms with Crippen LogP contribution in [0.1, 0.15) is 28.8 Å². The van der Waals surface area contributed by atoms with Crippen LogP contribution in [0, 0.1) is 11.3 Å². The van der Waals surface area contributed by atoms with Crippen LogP contribution in [0.4, 0.5) is 0 Å². The molecule has 1 fully saturated rings. The molecule has 0 bridgehead atoms. The van der Waals surface area contributed by atoms with Crippen LogP contribution < -0.4 is 11.0 Å². The zero-order valence-electron chi connectivity index (χ0n) is 19.8. The van der Waals surface area contributed by atoms with E-state index in [2.05, 4.69) is 29.2 Å². The van der Waals surface area contributed by atoms with Crippen LogP contribution in [0.5, 0.6) is 0 Å². The van der Waals surface area contributed by atoms with Gasteiger partial charge in [0.1, 0.15) is 16.8 Å². The van der Waals surface area contributed by atoms with Crippen molar-refractivity contribution in [2.75, 3.05) is 26.8 Å². The number of piperidine rings is 1. The summed E-state index contributed by atoms with van der Waals surface area (Å²) in [6.45, 7) is 1.94. The molecule has 1 amide bonds. The highest BCUT2D eigenvalue weighted by Crippen LogP contribution is 2.23. The average Bonchev–Trinajstić information content (AvgIpc) is 2.89. The van der Waals surface area contributed by atoms with Gasteiger partial charge in [0.2, 0.25) is 0 Å². The van der Waals surface area contributed by atoms with Crippen molar-refractivity contribution in [3.63, 3.8) is 0 Å². The minimum Gasteiger partial charge on any atom is -0.383 e. The maximum atomic E-state index is 13.6. The third kappa shape index (κ3) is 4.49. The quantitative estimate of drug-likeness (QED) is 0.438. The summed E-state index contributed by atoms with van der Waals surface area (Å²) >= 11 is 0. The van der Waals surface area contributed by atoms with E-state index >= 15 is 0 Å². The third-order valence-electron chi connectivity index (χ3n) is 6.84. The van der Waals surface area contributed by atoms with Crippen molar-refractivity contribution in [3.05, 3.63) is 87.8 Å². The second kappa shape index (κ2) is 9.84. The van der Waals surface area contributed by atoms with Gasteiger partial charge in [-0.25, -0.2) is 4.98 Å². The van der Waals surface area contributed by atoms with Crippen LogP contribution in [0.15, 0.2) is 65.6 Å². The second-order valence-corrected chi connectivity index (χ2v) is 9.06. The lowest BCUT2D eigenvalue weighted by Crippen LogP contribution is -2.42.